The summed E-state index contributed by atoms with van der Waals surface area (Å²) in [6, 6.07) is 14.7. The van der Waals surface area contributed by atoms with Crippen LogP contribution in [0, 0.1) is 13.8 Å². The fourth-order valence-electron chi connectivity index (χ4n) is 2.83. The van der Waals surface area contributed by atoms with Crippen molar-refractivity contribution in [3.8, 4) is 0 Å². The summed E-state index contributed by atoms with van der Waals surface area (Å²) in [4.78, 5) is 12.6. The summed E-state index contributed by atoms with van der Waals surface area (Å²) in [7, 11) is -3.60. The topological polar surface area (TPSA) is 66.5 Å². The standard InChI is InChI=1S/C21H28N2O3S2/c1-16-10-11-20(14-17(16)2)23(28(4,25)26)18(3)21(24)22-12-13-27-15-19-8-6-5-7-9-19/h5-11,14,18H,12-13,15H2,1-4H3,(H,22,24)/t18-/m1/s1. The smallest absolute Gasteiger partial charge is 0.243 e. The third-order valence-electron chi connectivity index (χ3n) is 4.49. The van der Waals surface area contributed by atoms with Gasteiger partial charge in [-0.15, -0.1) is 0 Å². The first-order valence-electron chi connectivity index (χ1n) is 9.16. The van der Waals surface area contributed by atoms with Crippen molar-refractivity contribution in [2.24, 2.45) is 0 Å². The number of thioether (sulfide) groups is 1. The molecule has 0 bridgehead atoms. The minimum Gasteiger partial charge on any atom is -0.353 e. The number of nitrogens with zero attached hydrogens (tertiary/aromatic N) is 1. The number of carbonyl (C=O) groups is 1. The van der Waals surface area contributed by atoms with Crippen molar-refractivity contribution in [2.75, 3.05) is 22.9 Å². The maximum atomic E-state index is 12.6. The predicted octanol–water partition coefficient (Wildman–Crippen LogP) is 3.51. The molecule has 1 amide bonds. The van der Waals surface area contributed by atoms with Crippen molar-refractivity contribution >= 4 is 33.4 Å². The maximum absolute atomic E-state index is 12.6. The fraction of sp³-hybridized carbons (Fsp3) is 0.381. The van der Waals surface area contributed by atoms with Crippen molar-refractivity contribution < 1.29 is 13.2 Å². The molecule has 5 nitrogen and oxygen atoms in total. The van der Waals surface area contributed by atoms with Gasteiger partial charge in [0.1, 0.15) is 6.04 Å². The van der Waals surface area contributed by atoms with Crippen LogP contribution in [0.4, 0.5) is 5.69 Å². The number of anilines is 1. The van der Waals surface area contributed by atoms with Crippen molar-refractivity contribution in [3.05, 3.63) is 65.2 Å². The average Bonchev–Trinajstić information content (AvgIpc) is 2.64. The van der Waals surface area contributed by atoms with Crippen LogP contribution in [0.25, 0.3) is 0 Å². The summed E-state index contributed by atoms with van der Waals surface area (Å²) >= 11 is 1.73. The molecule has 0 aromatic heterocycles. The lowest BCUT2D eigenvalue weighted by Crippen LogP contribution is -2.48. The number of benzene rings is 2. The van der Waals surface area contributed by atoms with Gasteiger partial charge in [0.15, 0.2) is 0 Å². The summed E-state index contributed by atoms with van der Waals surface area (Å²) in [6.45, 7) is 6.00. The van der Waals surface area contributed by atoms with Gasteiger partial charge in [-0.2, -0.15) is 11.8 Å². The Hall–Kier alpha value is -1.99. The molecule has 0 aliphatic heterocycles. The fourth-order valence-corrected chi connectivity index (χ4v) is 4.82. The van der Waals surface area contributed by atoms with E-state index in [0.717, 1.165) is 28.9 Å². The summed E-state index contributed by atoms with van der Waals surface area (Å²) in [6.07, 6.45) is 1.13. The molecule has 0 saturated carbocycles. The molecule has 0 radical (unpaired) electrons. The Morgan fingerprint density at radius 3 is 2.39 bits per heavy atom. The number of carbonyl (C=O) groups excluding carboxylic acids is 1. The van der Waals surface area contributed by atoms with Gasteiger partial charge in [-0.05, 0) is 49.6 Å². The van der Waals surface area contributed by atoms with Crippen LogP contribution in [0.2, 0.25) is 0 Å². The van der Waals surface area contributed by atoms with Crippen LogP contribution >= 0.6 is 11.8 Å². The zero-order valence-corrected chi connectivity index (χ0v) is 18.4. The van der Waals surface area contributed by atoms with E-state index in [1.807, 2.05) is 38.1 Å². The molecule has 152 valence electrons. The average molecular weight is 421 g/mol. The van der Waals surface area contributed by atoms with Crippen LogP contribution in [0.3, 0.4) is 0 Å². The van der Waals surface area contributed by atoms with E-state index in [1.54, 1.807) is 30.8 Å². The Morgan fingerprint density at radius 1 is 1.11 bits per heavy atom. The maximum Gasteiger partial charge on any atom is 0.243 e. The van der Waals surface area contributed by atoms with Gasteiger partial charge in [-0.25, -0.2) is 8.42 Å². The highest BCUT2D eigenvalue weighted by Gasteiger charge is 2.29. The van der Waals surface area contributed by atoms with Gasteiger partial charge in [0, 0.05) is 18.1 Å². The monoisotopic (exact) mass is 420 g/mol. The van der Waals surface area contributed by atoms with Crippen molar-refractivity contribution in [3.63, 3.8) is 0 Å². The Morgan fingerprint density at radius 2 is 1.79 bits per heavy atom. The van der Waals surface area contributed by atoms with Gasteiger partial charge in [0.25, 0.3) is 0 Å². The number of hydrogen-bond acceptors (Lipinski definition) is 4. The number of rotatable bonds is 9. The zero-order valence-electron chi connectivity index (χ0n) is 16.8. The Labute approximate surface area is 172 Å². The molecular weight excluding hydrogens is 392 g/mol. The SMILES string of the molecule is Cc1ccc(N([C@H](C)C(=O)NCCSCc2ccccc2)S(C)(=O)=O)cc1C. The van der Waals surface area contributed by atoms with Gasteiger partial charge in [0.2, 0.25) is 15.9 Å². The normalized spacial score (nSPS) is 12.4. The van der Waals surface area contributed by atoms with Gasteiger partial charge in [-0.1, -0.05) is 36.4 Å². The predicted molar refractivity (Wildman–Crippen MR) is 118 cm³/mol. The molecule has 1 N–H and O–H groups in total. The van der Waals surface area contributed by atoms with E-state index in [4.69, 9.17) is 0 Å². The van der Waals surface area contributed by atoms with Gasteiger partial charge in [0.05, 0.1) is 11.9 Å². The first kappa shape index (κ1) is 22.3. The molecule has 0 heterocycles. The van der Waals surface area contributed by atoms with Crippen LogP contribution in [0.1, 0.15) is 23.6 Å². The van der Waals surface area contributed by atoms with E-state index >= 15 is 0 Å². The summed E-state index contributed by atoms with van der Waals surface area (Å²) in [5.74, 6) is 1.34. The third-order valence-corrected chi connectivity index (χ3v) is 6.76. The minimum atomic E-state index is -3.60. The molecule has 2 rings (SSSR count). The summed E-state index contributed by atoms with van der Waals surface area (Å²) < 4.78 is 25.9. The first-order chi connectivity index (χ1) is 13.2. The second kappa shape index (κ2) is 9.98. The van der Waals surface area contributed by atoms with Crippen LogP contribution < -0.4 is 9.62 Å². The molecule has 0 aliphatic carbocycles. The van der Waals surface area contributed by atoms with Crippen molar-refractivity contribution in [1.29, 1.82) is 0 Å². The highest BCUT2D eigenvalue weighted by molar-refractivity contribution is 7.98. The van der Waals surface area contributed by atoms with E-state index < -0.39 is 16.1 Å². The van der Waals surface area contributed by atoms with Crippen molar-refractivity contribution in [2.45, 2.75) is 32.6 Å². The highest BCUT2D eigenvalue weighted by Crippen LogP contribution is 2.23. The second-order valence-electron chi connectivity index (χ2n) is 6.83. The lowest BCUT2D eigenvalue weighted by Gasteiger charge is -2.28. The number of amides is 1. The quantitative estimate of drug-likeness (QED) is 0.631. The molecule has 0 spiro atoms. The van der Waals surface area contributed by atoms with E-state index in [1.165, 1.54) is 9.87 Å². The Kier molecular flexibility index (Phi) is 7.95. The van der Waals surface area contributed by atoms with E-state index in [2.05, 4.69) is 17.4 Å². The first-order valence-corrected chi connectivity index (χ1v) is 12.2. The number of nitrogens with one attached hydrogen (secondary N) is 1. The van der Waals surface area contributed by atoms with Crippen LogP contribution in [-0.2, 0) is 20.6 Å². The number of sulfonamides is 1. The highest BCUT2D eigenvalue weighted by atomic mass is 32.2. The van der Waals surface area contributed by atoms with Gasteiger partial charge >= 0.3 is 0 Å². The summed E-state index contributed by atoms with van der Waals surface area (Å²) in [5, 5.41) is 2.85. The molecular formula is C21H28N2O3S2. The molecule has 28 heavy (non-hydrogen) atoms. The molecule has 1 atom stereocenters. The third kappa shape index (κ3) is 6.27. The summed E-state index contributed by atoms with van der Waals surface area (Å²) in [5.41, 5.74) is 3.80. The number of hydrogen-bond donors (Lipinski definition) is 1. The molecule has 2 aromatic rings. The molecule has 2 aromatic carbocycles. The minimum absolute atomic E-state index is 0.302. The Bertz CT molecular complexity index is 899. The van der Waals surface area contributed by atoms with E-state index in [9.17, 15) is 13.2 Å². The Balaban J connectivity index is 1.95. The van der Waals surface area contributed by atoms with E-state index in [-0.39, 0.29) is 5.91 Å². The lowest BCUT2D eigenvalue weighted by molar-refractivity contribution is -0.121. The van der Waals surface area contributed by atoms with Crippen molar-refractivity contribution in [1.82, 2.24) is 5.32 Å². The van der Waals surface area contributed by atoms with Crippen LogP contribution in [-0.4, -0.2) is 38.9 Å². The van der Waals surface area contributed by atoms with Gasteiger partial charge in [-0.3, -0.25) is 9.10 Å². The van der Waals surface area contributed by atoms with Gasteiger partial charge < -0.3 is 5.32 Å². The zero-order chi connectivity index (χ0) is 20.7. The molecule has 7 heteroatoms. The van der Waals surface area contributed by atoms with Crippen LogP contribution in [0.5, 0.6) is 0 Å². The molecule has 0 saturated heterocycles. The molecule has 0 unspecified atom stereocenters. The second-order valence-corrected chi connectivity index (χ2v) is 9.80. The molecule has 0 fully saturated rings. The number of aryl methyl sites for hydroxylation is 2. The largest absolute Gasteiger partial charge is 0.353 e. The molecule has 0 aliphatic rings. The van der Waals surface area contributed by atoms with E-state index in [0.29, 0.717) is 12.2 Å². The van der Waals surface area contributed by atoms with Crippen LogP contribution in [0.15, 0.2) is 48.5 Å². The lowest BCUT2D eigenvalue weighted by atomic mass is 10.1.